The number of halogens is 1. The monoisotopic (exact) mass is 240 g/mol. The largest absolute Gasteiger partial charge is 0.207 e. The van der Waals surface area contributed by atoms with E-state index in [1.807, 2.05) is 17.8 Å². The highest BCUT2D eigenvalue weighted by Crippen LogP contribution is 2.30. The van der Waals surface area contributed by atoms with Crippen LogP contribution in [0.15, 0.2) is 23.6 Å². The lowest BCUT2D eigenvalue weighted by Gasteiger charge is -2.03. The molecule has 0 aliphatic heterocycles. The zero-order chi connectivity index (χ0) is 10.8. The van der Waals surface area contributed by atoms with Gasteiger partial charge in [-0.3, -0.25) is 0 Å². The van der Waals surface area contributed by atoms with Gasteiger partial charge in [-0.05, 0) is 39.8 Å². The van der Waals surface area contributed by atoms with Crippen molar-refractivity contribution >= 4 is 33.2 Å². The van der Waals surface area contributed by atoms with E-state index < -0.39 is 0 Å². The van der Waals surface area contributed by atoms with Crippen LogP contribution in [0.4, 0.5) is 4.39 Å². The van der Waals surface area contributed by atoms with Crippen LogP contribution in [0.2, 0.25) is 0 Å². The van der Waals surface area contributed by atoms with Gasteiger partial charge in [0.2, 0.25) is 0 Å². The van der Waals surface area contributed by atoms with Gasteiger partial charge in [-0.1, -0.05) is 13.8 Å². The third-order valence-electron chi connectivity index (χ3n) is 2.19. The highest BCUT2D eigenvalue weighted by atomic mass is 32.2. The Hall–Kier alpha value is -0.540. The summed E-state index contributed by atoms with van der Waals surface area (Å²) in [4.78, 5) is 0. The Balaban J connectivity index is 2.31. The molecule has 3 heteroatoms. The summed E-state index contributed by atoms with van der Waals surface area (Å²) in [6.07, 6.45) is 0. The molecule has 0 amide bonds. The summed E-state index contributed by atoms with van der Waals surface area (Å²) in [5.74, 6) is 0.831. The zero-order valence-corrected chi connectivity index (χ0v) is 10.4. The van der Waals surface area contributed by atoms with Crippen LogP contribution in [-0.4, -0.2) is 5.25 Å². The van der Waals surface area contributed by atoms with E-state index in [1.54, 1.807) is 17.4 Å². The van der Waals surface area contributed by atoms with Crippen molar-refractivity contribution in [1.82, 2.24) is 0 Å². The van der Waals surface area contributed by atoms with Gasteiger partial charge in [-0.2, -0.15) is 11.8 Å². The zero-order valence-electron chi connectivity index (χ0n) is 8.79. The number of hydrogen-bond donors (Lipinski definition) is 0. The first-order chi connectivity index (χ1) is 7.16. The second-order valence-electron chi connectivity index (χ2n) is 3.76. The van der Waals surface area contributed by atoms with Gasteiger partial charge in [-0.15, -0.1) is 11.3 Å². The van der Waals surface area contributed by atoms with Crippen LogP contribution in [0.3, 0.4) is 0 Å². The molecule has 0 spiro atoms. The van der Waals surface area contributed by atoms with Crippen LogP contribution in [0.1, 0.15) is 19.4 Å². The number of hydrogen-bond acceptors (Lipinski definition) is 2. The Bertz CT molecular complexity index is 460. The Kier molecular flexibility index (Phi) is 3.32. The van der Waals surface area contributed by atoms with E-state index in [2.05, 4.69) is 19.2 Å². The Labute approximate surface area is 97.5 Å². The predicted octanol–water partition coefficient (Wildman–Crippen LogP) is 4.68. The molecule has 2 aromatic rings. The number of thioether (sulfide) groups is 1. The molecule has 0 saturated heterocycles. The molecule has 0 radical (unpaired) electrons. The Morgan fingerprint density at radius 3 is 2.93 bits per heavy atom. The second kappa shape index (κ2) is 4.54. The van der Waals surface area contributed by atoms with Gasteiger partial charge in [0.05, 0.1) is 0 Å². The maximum absolute atomic E-state index is 13.1. The standard InChI is InChI=1S/C12H13FS2/c1-8(2)14-6-9-7-15-12-4-3-10(13)5-11(9)12/h3-5,7-8H,6H2,1-2H3. The first-order valence-electron chi connectivity index (χ1n) is 4.94. The third-order valence-corrected chi connectivity index (χ3v) is 4.34. The molecule has 0 nitrogen and oxygen atoms in total. The van der Waals surface area contributed by atoms with Gasteiger partial charge in [-0.25, -0.2) is 4.39 Å². The molecule has 0 aliphatic carbocycles. The van der Waals surface area contributed by atoms with Crippen molar-refractivity contribution in [1.29, 1.82) is 0 Å². The lowest BCUT2D eigenvalue weighted by molar-refractivity contribution is 0.630. The van der Waals surface area contributed by atoms with E-state index in [0.29, 0.717) is 5.25 Å². The van der Waals surface area contributed by atoms with E-state index in [0.717, 1.165) is 11.1 Å². The first-order valence-corrected chi connectivity index (χ1v) is 6.87. The molecule has 1 aromatic carbocycles. The van der Waals surface area contributed by atoms with Gasteiger partial charge < -0.3 is 0 Å². The lowest BCUT2D eigenvalue weighted by atomic mass is 10.2. The Morgan fingerprint density at radius 1 is 1.40 bits per heavy atom. The third kappa shape index (κ3) is 2.52. The van der Waals surface area contributed by atoms with Gasteiger partial charge >= 0.3 is 0 Å². The van der Waals surface area contributed by atoms with Crippen LogP contribution in [0.25, 0.3) is 10.1 Å². The predicted molar refractivity (Wildman–Crippen MR) is 68.2 cm³/mol. The fraction of sp³-hybridized carbons (Fsp3) is 0.333. The van der Waals surface area contributed by atoms with Crippen molar-refractivity contribution in [2.24, 2.45) is 0 Å². The fourth-order valence-electron chi connectivity index (χ4n) is 1.42. The van der Waals surface area contributed by atoms with Gasteiger partial charge in [0, 0.05) is 10.5 Å². The van der Waals surface area contributed by atoms with E-state index in [9.17, 15) is 4.39 Å². The van der Waals surface area contributed by atoms with Crippen molar-refractivity contribution in [3.8, 4) is 0 Å². The van der Waals surface area contributed by atoms with Crippen molar-refractivity contribution in [2.45, 2.75) is 24.9 Å². The molecule has 0 atom stereocenters. The average molecular weight is 240 g/mol. The summed E-state index contributed by atoms with van der Waals surface area (Å²) < 4.78 is 14.3. The second-order valence-corrected chi connectivity index (χ2v) is 6.24. The highest BCUT2D eigenvalue weighted by molar-refractivity contribution is 7.99. The smallest absolute Gasteiger partial charge is 0.123 e. The topological polar surface area (TPSA) is 0 Å². The molecular formula is C12H13FS2. The minimum atomic E-state index is -0.142. The summed E-state index contributed by atoms with van der Waals surface area (Å²) in [5, 5.41) is 3.83. The molecule has 2 rings (SSSR count). The SMILES string of the molecule is CC(C)SCc1csc2ccc(F)cc12. The summed E-state index contributed by atoms with van der Waals surface area (Å²) in [7, 11) is 0. The van der Waals surface area contributed by atoms with Crippen molar-refractivity contribution in [3.63, 3.8) is 0 Å². The van der Waals surface area contributed by atoms with Gasteiger partial charge in [0.15, 0.2) is 0 Å². The molecule has 0 unspecified atom stereocenters. The summed E-state index contributed by atoms with van der Waals surface area (Å²) in [5.41, 5.74) is 1.26. The molecule has 0 bridgehead atoms. The maximum Gasteiger partial charge on any atom is 0.123 e. The number of benzene rings is 1. The normalized spacial score (nSPS) is 11.5. The molecule has 0 aliphatic rings. The molecule has 80 valence electrons. The van der Waals surface area contributed by atoms with Crippen LogP contribution < -0.4 is 0 Å². The molecular weight excluding hydrogens is 227 g/mol. The molecule has 1 aromatic heterocycles. The van der Waals surface area contributed by atoms with Crippen molar-refractivity contribution in [2.75, 3.05) is 0 Å². The lowest BCUT2D eigenvalue weighted by Crippen LogP contribution is -1.87. The van der Waals surface area contributed by atoms with Gasteiger partial charge in [0.25, 0.3) is 0 Å². The molecule has 15 heavy (non-hydrogen) atoms. The van der Waals surface area contributed by atoms with Crippen LogP contribution in [0, 0.1) is 5.82 Å². The highest BCUT2D eigenvalue weighted by Gasteiger charge is 2.06. The van der Waals surface area contributed by atoms with E-state index in [4.69, 9.17) is 0 Å². The summed E-state index contributed by atoms with van der Waals surface area (Å²) >= 11 is 3.59. The minimum absolute atomic E-state index is 0.142. The van der Waals surface area contributed by atoms with Crippen molar-refractivity contribution < 1.29 is 4.39 Å². The van der Waals surface area contributed by atoms with Gasteiger partial charge in [0.1, 0.15) is 5.82 Å². The number of fused-ring (bicyclic) bond motifs is 1. The molecule has 0 fully saturated rings. The summed E-state index contributed by atoms with van der Waals surface area (Å²) in [6.45, 7) is 4.36. The van der Waals surface area contributed by atoms with E-state index in [-0.39, 0.29) is 5.82 Å². The number of rotatable bonds is 3. The number of thiophene rings is 1. The van der Waals surface area contributed by atoms with Crippen LogP contribution in [-0.2, 0) is 5.75 Å². The molecule has 0 N–H and O–H groups in total. The van der Waals surface area contributed by atoms with Crippen LogP contribution in [0.5, 0.6) is 0 Å². The molecule has 0 saturated carbocycles. The Morgan fingerprint density at radius 2 is 2.20 bits per heavy atom. The van der Waals surface area contributed by atoms with Crippen LogP contribution >= 0.6 is 23.1 Å². The molecule has 1 heterocycles. The average Bonchev–Trinajstić information content (AvgIpc) is 2.57. The first kappa shape index (κ1) is 11.0. The minimum Gasteiger partial charge on any atom is -0.207 e. The maximum atomic E-state index is 13.1. The fourth-order valence-corrected chi connectivity index (χ4v) is 3.22. The van der Waals surface area contributed by atoms with E-state index in [1.165, 1.54) is 16.3 Å². The quantitative estimate of drug-likeness (QED) is 0.750. The van der Waals surface area contributed by atoms with Crippen molar-refractivity contribution in [3.05, 3.63) is 35.0 Å². The summed E-state index contributed by atoms with van der Waals surface area (Å²) in [6, 6.07) is 5.03. The van der Waals surface area contributed by atoms with E-state index >= 15 is 0 Å².